The zero-order valence-electron chi connectivity index (χ0n) is 6.82. The highest BCUT2D eigenvalue weighted by Crippen LogP contribution is 2.18. The van der Waals surface area contributed by atoms with E-state index >= 15 is 0 Å². The molecule has 0 radical (unpaired) electrons. The molecule has 0 aliphatic carbocycles. The quantitative estimate of drug-likeness (QED) is 0.641. The van der Waals surface area contributed by atoms with Crippen LogP contribution in [0.2, 0.25) is 0 Å². The highest BCUT2D eigenvalue weighted by atomic mass is 32.1. The summed E-state index contributed by atoms with van der Waals surface area (Å²) in [6.45, 7) is 1.96. The van der Waals surface area contributed by atoms with Gasteiger partial charge in [0.15, 0.2) is 5.13 Å². The molecule has 1 unspecified atom stereocenters. The van der Waals surface area contributed by atoms with E-state index in [0.29, 0.717) is 0 Å². The van der Waals surface area contributed by atoms with E-state index in [1.807, 2.05) is 6.92 Å². The van der Waals surface area contributed by atoms with Crippen LogP contribution in [0.5, 0.6) is 0 Å². The number of hydrogen-bond donors (Lipinski definition) is 3. The van der Waals surface area contributed by atoms with Gasteiger partial charge in [0.05, 0.1) is 18.1 Å². The maximum atomic E-state index is 8.74. The van der Waals surface area contributed by atoms with Crippen LogP contribution in [0.15, 0.2) is 6.20 Å². The second-order valence-electron chi connectivity index (χ2n) is 2.52. The van der Waals surface area contributed by atoms with Gasteiger partial charge in [0, 0.05) is 12.2 Å². The van der Waals surface area contributed by atoms with Gasteiger partial charge in [-0.2, -0.15) is 0 Å². The van der Waals surface area contributed by atoms with Crippen LogP contribution < -0.4 is 5.32 Å². The van der Waals surface area contributed by atoms with E-state index in [1.54, 1.807) is 6.20 Å². The van der Waals surface area contributed by atoms with Crippen molar-refractivity contribution in [3.63, 3.8) is 0 Å². The smallest absolute Gasteiger partial charge is 0.183 e. The van der Waals surface area contributed by atoms with Gasteiger partial charge in [-0.05, 0) is 6.92 Å². The van der Waals surface area contributed by atoms with E-state index in [1.165, 1.54) is 11.3 Å². The summed E-state index contributed by atoms with van der Waals surface area (Å²) in [4.78, 5) is 4.83. The Balaban J connectivity index is 2.52. The molecule has 0 amide bonds. The second kappa shape index (κ2) is 4.39. The molecule has 0 saturated carbocycles. The number of rotatable bonds is 4. The fraction of sp³-hybridized carbons (Fsp3) is 0.571. The minimum Gasteiger partial charge on any atom is -0.394 e. The molecule has 1 aromatic heterocycles. The fourth-order valence-corrected chi connectivity index (χ4v) is 1.49. The molecule has 0 aromatic carbocycles. The van der Waals surface area contributed by atoms with Gasteiger partial charge in [-0.25, -0.2) is 4.98 Å². The van der Waals surface area contributed by atoms with E-state index in [9.17, 15) is 0 Å². The molecular weight excluding hydrogens is 176 g/mol. The molecule has 1 heterocycles. The Hall–Kier alpha value is -0.650. The van der Waals surface area contributed by atoms with Crippen molar-refractivity contribution in [1.82, 2.24) is 4.98 Å². The Bertz CT molecular complexity index is 239. The van der Waals surface area contributed by atoms with E-state index in [2.05, 4.69) is 10.3 Å². The predicted molar refractivity (Wildman–Crippen MR) is 48.2 cm³/mol. The number of aliphatic hydroxyl groups excluding tert-OH is 2. The van der Waals surface area contributed by atoms with Crippen molar-refractivity contribution in [1.29, 1.82) is 0 Å². The lowest BCUT2D eigenvalue weighted by atomic mass is 10.4. The van der Waals surface area contributed by atoms with Gasteiger partial charge in [-0.15, -0.1) is 0 Å². The van der Waals surface area contributed by atoms with Crippen LogP contribution in [0.4, 0.5) is 5.13 Å². The summed E-state index contributed by atoms with van der Waals surface area (Å²) in [6, 6.07) is 0.00249. The number of nitrogens with one attached hydrogen (secondary N) is 1. The lowest BCUT2D eigenvalue weighted by Crippen LogP contribution is -2.18. The van der Waals surface area contributed by atoms with Gasteiger partial charge in [0.25, 0.3) is 0 Å². The van der Waals surface area contributed by atoms with Crippen LogP contribution in [0.1, 0.15) is 11.8 Å². The maximum Gasteiger partial charge on any atom is 0.183 e. The Morgan fingerprint density at radius 1 is 1.67 bits per heavy atom. The summed E-state index contributed by atoms with van der Waals surface area (Å²) in [5.74, 6) is 0. The Kier molecular flexibility index (Phi) is 3.46. The van der Waals surface area contributed by atoms with Gasteiger partial charge in [-0.3, -0.25) is 0 Å². The lowest BCUT2D eigenvalue weighted by molar-refractivity contribution is 0.281. The van der Waals surface area contributed by atoms with Crippen LogP contribution in [0, 0.1) is 0 Å². The lowest BCUT2D eigenvalue weighted by Gasteiger charge is -2.07. The summed E-state index contributed by atoms with van der Waals surface area (Å²) in [7, 11) is 0. The molecule has 0 aliphatic rings. The third-order valence-electron chi connectivity index (χ3n) is 1.35. The van der Waals surface area contributed by atoms with Crippen LogP contribution in [0.25, 0.3) is 0 Å². The van der Waals surface area contributed by atoms with Crippen molar-refractivity contribution < 1.29 is 10.2 Å². The Labute approximate surface area is 74.9 Å². The summed E-state index contributed by atoms with van der Waals surface area (Å²) >= 11 is 1.39. The van der Waals surface area contributed by atoms with Gasteiger partial charge < -0.3 is 15.5 Å². The largest absolute Gasteiger partial charge is 0.394 e. The van der Waals surface area contributed by atoms with E-state index < -0.39 is 0 Å². The predicted octanol–water partition coefficient (Wildman–Crippen LogP) is 0.428. The first-order valence-corrected chi connectivity index (χ1v) is 4.51. The van der Waals surface area contributed by atoms with Gasteiger partial charge in [0.1, 0.15) is 0 Å². The standard InChI is InChI=1S/C7H12N2O2S/c1-5(3-10)9-7-8-2-6(4-11)12-7/h2,5,10-11H,3-4H2,1H3,(H,8,9). The van der Waals surface area contributed by atoms with Crippen LogP contribution in [-0.2, 0) is 6.61 Å². The topological polar surface area (TPSA) is 65.4 Å². The molecule has 1 atom stereocenters. The zero-order valence-corrected chi connectivity index (χ0v) is 7.64. The molecule has 0 saturated heterocycles. The first kappa shape index (κ1) is 9.44. The minimum absolute atomic E-state index is 0.00249. The minimum atomic E-state index is 0.00249. The molecular formula is C7H12N2O2S. The number of anilines is 1. The molecule has 1 rings (SSSR count). The highest BCUT2D eigenvalue weighted by Gasteiger charge is 2.03. The van der Waals surface area contributed by atoms with Crippen LogP contribution >= 0.6 is 11.3 Å². The second-order valence-corrected chi connectivity index (χ2v) is 3.63. The zero-order chi connectivity index (χ0) is 8.97. The monoisotopic (exact) mass is 188 g/mol. The highest BCUT2D eigenvalue weighted by molar-refractivity contribution is 7.15. The summed E-state index contributed by atoms with van der Waals surface area (Å²) in [6.07, 6.45) is 1.62. The van der Waals surface area contributed by atoms with Gasteiger partial charge >= 0.3 is 0 Å². The number of aromatic nitrogens is 1. The number of thiazole rings is 1. The van der Waals surface area contributed by atoms with Crippen molar-refractivity contribution >= 4 is 16.5 Å². The van der Waals surface area contributed by atoms with Gasteiger partial charge in [0.2, 0.25) is 0 Å². The van der Waals surface area contributed by atoms with Crippen molar-refractivity contribution in [3.8, 4) is 0 Å². The number of hydrogen-bond acceptors (Lipinski definition) is 5. The van der Waals surface area contributed by atoms with Gasteiger partial charge in [-0.1, -0.05) is 11.3 Å². The van der Waals surface area contributed by atoms with Crippen molar-refractivity contribution in [2.75, 3.05) is 11.9 Å². The molecule has 1 aromatic rings. The number of nitrogens with zero attached hydrogens (tertiary/aromatic N) is 1. The van der Waals surface area contributed by atoms with Crippen molar-refractivity contribution in [2.45, 2.75) is 19.6 Å². The Morgan fingerprint density at radius 3 is 2.92 bits per heavy atom. The molecule has 4 nitrogen and oxygen atoms in total. The summed E-state index contributed by atoms with van der Waals surface area (Å²) in [5.41, 5.74) is 0. The molecule has 0 bridgehead atoms. The molecule has 0 aliphatic heterocycles. The third kappa shape index (κ3) is 2.44. The fourth-order valence-electron chi connectivity index (χ4n) is 0.704. The van der Waals surface area contributed by atoms with Crippen molar-refractivity contribution in [3.05, 3.63) is 11.1 Å². The van der Waals surface area contributed by atoms with E-state index in [-0.39, 0.29) is 19.3 Å². The van der Waals surface area contributed by atoms with Crippen molar-refractivity contribution in [2.24, 2.45) is 0 Å². The first-order valence-electron chi connectivity index (χ1n) is 3.69. The SMILES string of the molecule is CC(CO)Nc1ncc(CO)s1. The van der Waals surface area contributed by atoms with Crippen LogP contribution in [0.3, 0.4) is 0 Å². The molecule has 0 spiro atoms. The van der Waals surface area contributed by atoms with E-state index in [4.69, 9.17) is 10.2 Å². The Morgan fingerprint density at radius 2 is 2.42 bits per heavy atom. The first-order chi connectivity index (χ1) is 5.76. The molecule has 68 valence electrons. The van der Waals surface area contributed by atoms with Crippen LogP contribution in [-0.4, -0.2) is 27.8 Å². The average molecular weight is 188 g/mol. The third-order valence-corrected chi connectivity index (χ3v) is 2.27. The normalized spacial score (nSPS) is 12.9. The maximum absolute atomic E-state index is 8.74. The summed E-state index contributed by atoms with van der Waals surface area (Å²) < 4.78 is 0. The molecule has 5 heteroatoms. The average Bonchev–Trinajstić information content (AvgIpc) is 2.52. The molecule has 3 N–H and O–H groups in total. The number of aliphatic hydroxyl groups is 2. The van der Waals surface area contributed by atoms with E-state index in [0.717, 1.165) is 10.0 Å². The molecule has 0 fully saturated rings. The summed E-state index contributed by atoms with van der Waals surface area (Å²) in [5, 5.41) is 21.2. The molecule has 12 heavy (non-hydrogen) atoms.